The molecule has 5 heteroatoms. The normalized spacial score (nSPS) is 19.7. The first kappa shape index (κ1) is 12.8. The number of nitrogens with one attached hydrogen (secondary N) is 4. The van der Waals surface area contributed by atoms with Crippen molar-refractivity contribution < 1.29 is 4.79 Å². The summed E-state index contributed by atoms with van der Waals surface area (Å²) in [4.78, 5) is 14.5. The first-order chi connectivity index (χ1) is 9.69. The number of hydrogen-bond donors (Lipinski definition) is 4. The highest BCUT2D eigenvalue weighted by atomic mass is 16.2. The summed E-state index contributed by atoms with van der Waals surface area (Å²) in [6.45, 7) is 5.82. The first-order valence-corrected chi connectivity index (χ1v) is 7.08. The summed E-state index contributed by atoms with van der Waals surface area (Å²) < 4.78 is 0. The summed E-state index contributed by atoms with van der Waals surface area (Å²) >= 11 is 0. The van der Waals surface area contributed by atoms with Crippen LogP contribution < -0.4 is 16.0 Å². The van der Waals surface area contributed by atoms with Crippen LogP contribution in [-0.2, 0) is 0 Å². The molecule has 3 rings (SSSR count). The van der Waals surface area contributed by atoms with Crippen molar-refractivity contribution in [1.82, 2.24) is 15.6 Å². The van der Waals surface area contributed by atoms with E-state index in [0.29, 0.717) is 6.54 Å². The molecule has 0 aliphatic carbocycles. The lowest BCUT2D eigenvalue weighted by Crippen LogP contribution is -2.31. The van der Waals surface area contributed by atoms with Crippen LogP contribution in [0.5, 0.6) is 0 Å². The fourth-order valence-electron chi connectivity index (χ4n) is 2.77. The number of aromatic amines is 1. The highest BCUT2D eigenvalue weighted by molar-refractivity contribution is 5.93. The average Bonchev–Trinajstić information content (AvgIpc) is 3.05. The van der Waals surface area contributed by atoms with Crippen LogP contribution in [0.25, 0.3) is 10.9 Å². The molecule has 1 aromatic heterocycles. The van der Waals surface area contributed by atoms with Crippen LogP contribution >= 0.6 is 0 Å². The van der Waals surface area contributed by atoms with Crippen molar-refractivity contribution >= 4 is 22.6 Å². The molecule has 5 nitrogen and oxygen atoms in total. The van der Waals surface area contributed by atoms with Gasteiger partial charge in [0.2, 0.25) is 0 Å². The maximum atomic E-state index is 11.3. The molecular formula is C15H20N4O. The van der Waals surface area contributed by atoms with E-state index >= 15 is 0 Å². The van der Waals surface area contributed by atoms with Gasteiger partial charge in [0.05, 0.1) is 11.7 Å². The van der Waals surface area contributed by atoms with Crippen molar-refractivity contribution in [3.8, 4) is 0 Å². The molecule has 0 spiro atoms. The largest absolute Gasteiger partial charge is 0.384 e. The molecule has 1 aliphatic rings. The number of hydrogen-bond acceptors (Lipinski definition) is 2. The van der Waals surface area contributed by atoms with E-state index in [0.717, 1.165) is 17.7 Å². The predicted molar refractivity (Wildman–Crippen MR) is 81.2 cm³/mol. The zero-order chi connectivity index (χ0) is 14.1. The van der Waals surface area contributed by atoms with Gasteiger partial charge in [0.1, 0.15) is 0 Å². The molecule has 0 radical (unpaired) electrons. The molecule has 0 saturated carbocycles. The molecule has 2 atom stereocenters. The van der Waals surface area contributed by atoms with Gasteiger partial charge in [-0.05, 0) is 24.6 Å². The summed E-state index contributed by atoms with van der Waals surface area (Å²) in [5.41, 5.74) is 3.50. The molecule has 1 aliphatic heterocycles. The van der Waals surface area contributed by atoms with Crippen LogP contribution in [0.4, 0.5) is 10.5 Å². The van der Waals surface area contributed by atoms with Gasteiger partial charge in [0.15, 0.2) is 0 Å². The molecule has 0 bridgehead atoms. The zero-order valence-corrected chi connectivity index (χ0v) is 11.8. The van der Waals surface area contributed by atoms with Crippen molar-refractivity contribution in [2.75, 3.05) is 18.4 Å². The van der Waals surface area contributed by atoms with Crippen molar-refractivity contribution in [1.29, 1.82) is 0 Å². The monoisotopic (exact) mass is 272 g/mol. The van der Waals surface area contributed by atoms with Gasteiger partial charge in [-0.1, -0.05) is 13.0 Å². The Hall–Kier alpha value is -2.17. The van der Waals surface area contributed by atoms with Gasteiger partial charge >= 0.3 is 6.03 Å². The number of fused-ring (bicyclic) bond motifs is 1. The van der Waals surface area contributed by atoms with Crippen molar-refractivity contribution in [3.05, 3.63) is 30.0 Å². The van der Waals surface area contributed by atoms with E-state index in [-0.39, 0.29) is 18.0 Å². The number of H-pyrrole nitrogens is 1. The minimum Gasteiger partial charge on any atom is -0.384 e. The molecule has 2 amide bonds. The number of rotatable bonds is 4. The molecule has 106 valence electrons. The van der Waals surface area contributed by atoms with Gasteiger partial charge in [-0.2, -0.15) is 0 Å². The van der Waals surface area contributed by atoms with Gasteiger partial charge in [-0.15, -0.1) is 0 Å². The lowest BCUT2D eigenvalue weighted by atomic mass is 9.93. The average molecular weight is 272 g/mol. The van der Waals surface area contributed by atoms with E-state index < -0.39 is 0 Å². The molecule has 4 N–H and O–H groups in total. The minimum absolute atomic E-state index is 0.0714. The van der Waals surface area contributed by atoms with E-state index in [1.165, 1.54) is 10.9 Å². The Labute approximate surface area is 118 Å². The molecule has 1 saturated heterocycles. The zero-order valence-electron chi connectivity index (χ0n) is 11.8. The Kier molecular flexibility index (Phi) is 3.26. The molecule has 2 unspecified atom stereocenters. The summed E-state index contributed by atoms with van der Waals surface area (Å²) in [5, 5.41) is 10.3. The van der Waals surface area contributed by atoms with E-state index in [2.05, 4.69) is 53.0 Å². The number of urea groups is 1. The summed E-state index contributed by atoms with van der Waals surface area (Å²) in [6, 6.07) is 6.52. The number of carbonyl (C=O) groups excluding carboxylic acids is 1. The van der Waals surface area contributed by atoms with Crippen molar-refractivity contribution in [3.63, 3.8) is 0 Å². The molecule has 1 aromatic carbocycles. The Morgan fingerprint density at radius 1 is 1.45 bits per heavy atom. The van der Waals surface area contributed by atoms with Crippen LogP contribution in [0.15, 0.2) is 24.4 Å². The van der Waals surface area contributed by atoms with Crippen molar-refractivity contribution in [2.24, 2.45) is 0 Å². The second kappa shape index (κ2) is 5.07. The summed E-state index contributed by atoms with van der Waals surface area (Å²) in [5.74, 6) is 0.280. The maximum Gasteiger partial charge on any atom is 0.315 e. The number of benzene rings is 1. The Morgan fingerprint density at radius 2 is 2.30 bits per heavy atom. The van der Waals surface area contributed by atoms with Crippen LogP contribution in [0.3, 0.4) is 0 Å². The van der Waals surface area contributed by atoms with Crippen LogP contribution in [-0.4, -0.2) is 30.1 Å². The third kappa shape index (κ3) is 2.19. The minimum atomic E-state index is -0.0714. The Balaban J connectivity index is 1.91. The van der Waals surface area contributed by atoms with Gasteiger partial charge in [0.25, 0.3) is 0 Å². The fourth-order valence-corrected chi connectivity index (χ4v) is 2.77. The van der Waals surface area contributed by atoms with Crippen LogP contribution in [0.1, 0.15) is 25.3 Å². The number of anilines is 1. The second-order valence-corrected chi connectivity index (χ2v) is 5.29. The standard InChI is InChI=1S/C15H20N4O/c1-3-16-14-8-17-12-5-4-10(6-11(12)14)9(2)13-7-18-15(20)19-13/h4-6,8-9,13,16-17H,3,7H2,1-2H3,(H2,18,19,20). The highest BCUT2D eigenvalue weighted by Gasteiger charge is 2.26. The SMILES string of the molecule is CCNc1c[nH]c2ccc(C(C)C3CNC(=O)N3)cc12. The quantitative estimate of drug-likeness (QED) is 0.690. The Morgan fingerprint density at radius 3 is 3.00 bits per heavy atom. The first-order valence-electron chi connectivity index (χ1n) is 7.08. The third-order valence-corrected chi connectivity index (χ3v) is 4.00. The number of amides is 2. The predicted octanol–water partition coefficient (Wildman–Crippen LogP) is 2.38. The van der Waals surface area contributed by atoms with E-state index in [1.54, 1.807) is 0 Å². The van der Waals surface area contributed by atoms with E-state index in [9.17, 15) is 4.79 Å². The molecule has 20 heavy (non-hydrogen) atoms. The van der Waals surface area contributed by atoms with Gasteiger partial charge < -0.3 is 20.9 Å². The van der Waals surface area contributed by atoms with Crippen molar-refractivity contribution in [2.45, 2.75) is 25.8 Å². The third-order valence-electron chi connectivity index (χ3n) is 4.00. The highest BCUT2D eigenvalue weighted by Crippen LogP contribution is 2.28. The number of carbonyl (C=O) groups is 1. The second-order valence-electron chi connectivity index (χ2n) is 5.29. The lowest BCUT2D eigenvalue weighted by molar-refractivity contribution is 0.247. The number of aromatic nitrogens is 1. The molecular weight excluding hydrogens is 252 g/mol. The lowest BCUT2D eigenvalue weighted by Gasteiger charge is -2.18. The van der Waals surface area contributed by atoms with Gasteiger partial charge in [0, 0.05) is 36.1 Å². The van der Waals surface area contributed by atoms with E-state index in [1.807, 2.05) is 6.20 Å². The molecule has 2 heterocycles. The molecule has 1 fully saturated rings. The topological polar surface area (TPSA) is 69.0 Å². The van der Waals surface area contributed by atoms with Crippen LogP contribution in [0, 0.1) is 0 Å². The van der Waals surface area contributed by atoms with Gasteiger partial charge in [-0.25, -0.2) is 4.79 Å². The Bertz CT molecular complexity index is 634. The van der Waals surface area contributed by atoms with Crippen LogP contribution in [0.2, 0.25) is 0 Å². The molecule has 2 aromatic rings. The fraction of sp³-hybridized carbons (Fsp3) is 0.400. The smallest absolute Gasteiger partial charge is 0.315 e. The van der Waals surface area contributed by atoms with E-state index in [4.69, 9.17) is 0 Å². The maximum absolute atomic E-state index is 11.3. The summed E-state index contributed by atoms with van der Waals surface area (Å²) in [6.07, 6.45) is 2.00. The summed E-state index contributed by atoms with van der Waals surface area (Å²) in [7, 11) is 0. The van der Waals surface area contributed by atoms with Gasteiger partial charge in [-0.3, -0.25) is 0 Å².